The van der Waals surface area contributed by atoms with E-state index in [9.17, 15) is 9.18 Å². The SMILES string of the molecule is O=C(O)[C@H]1CC1c1cccc(Cl)c1F. The van der Waals surface area contributed by atoms with Gasteiger partial charge in [0, 0.05) is 5.92 Å². The van der Waals surface area contributed by atoms with Gasteiger partial charge in [0.2, 0.25) is 0 Å². The summed E-state index contributed by atoms with van der Waals surface area (Å²) in [5.41, 5.74) is 0.421. The fraction of sp³-hybridized carbons (Fsp3) is 0.300. The molecule has 2 nitrogen and oxygen atoms in total. The lowest BCUT2D eigenvalue weighted by molar-refractivity contribution is -0.138. The number of benzene rings is 1. The van der Waals surface area contributed by atoms with Crippen molar-refractivity contribution in [1.29, 1.82) is 0 Å². The second-order valence-corrected chi connectivity index (χ2v) is 3.84. The van der Waals surface area contributed by atoms with Gasteiger partial charge in [0.05, 0.1) is 10.9 Å². The van der Waals surface area contributed by atoms with E-state index in [0.717, 1.165) is 0 Å². The summed E-state index contributed by atoms with van der Waals surface area (Å²) in [6, 6.07) is 4.69. The van der Waals surface area contributed by atoms with E-state index >= 15 is 0 Å². The molecule has 74 valence electrons. The molecule has 0 amide bonds. The molecule has 0 bridgehead atoms. The average molecular weight is 215 g/mol. The first-order valence-electron chi connectivity index (χ1n) is 4.28. The summed E-state index contributed by atoms with van der Waals surface area (Å²) in [7, 11) is 0. The molecule has 0 saturated heterocycles. The minimum absolute atomic E-state index is 0.0542. The van der Waals surface area contributed by atoms with E-state index in [1.165, 1.54) is 6.07 Å². The highest BCUT2D eigenvalue weighted by Gasteiger charge is 2.45. The maximum atomic E-state index is 13.4. The van der Waals surface area contributed by atoms with Gasteiger partial charge >= 0.3 is 5.97 Å². The molecule has 1 aromatic carbocycles. The predicted molar refractivity (Wildman–Crippen MR) is 49.9 cm³/mol. The molecule has 1 aliphatic carbocycles. The molecule has 0 aliphatic heterocycles. The number of carbonyl (C=O) groups is 1. The lowest BCUT2D eigenvalue weighted by Crippen LogP contribution is -2.00. The molecule has 0 radical (unpaired) electrons. The Labute approximate surface area is 85.3 Å². The van der Waals surface area contributed by atoms with Crippen molar-refractivity contribution < 1.29 is 14.3 Å². The third kappa shape index (κ3) is 1.48. The standard InChI is InChI=1S/C10H8ClFO2/c11-8-3-1-2-5(9(8)12)6-4-7(6)10(13)14/h1-3,6-7H,4H2,(H,13,14)/t6?,7-/m0/s1. The van der Waals surface area contributed by atoms with E-state index in [1.807, 2.05) is 0 Å². The molecule has 1 aromatic rings. The molecule has 0 heterocycles. The van der Waals surface area contributed by atoms with E-state index < -0.39 is 17.7 Å². The second-order valence-electron chi connectivity index (χ2n) is 3.43. The van der Waals surface area contributed by atoms with Gasteiger partial charge in [-0.3, -0.25) is 4.79 Å². The number of carboxylic acid groups (broad SMARTS) is 1. The highest BCUT2D eigenvalue weighted by atomic mass is 35.5. The smallest absolute Gasteiger partial charge is 0.307 e. The molecule has 4 heteroatoms. The van der Waals surface area contributed by atoms with Gasteiger partial charge in [-0.2, -0.15) is 0 Å². The van der Waals surface area contributed by atoms with Gasteiger partial charge in [-0.05, 0) is 18.1 Å². The summed E-state index contributed by atoms with van der Waals surface area (Å²) in [5.74, 6) is -1.99. The van der Waals surface area contributed by atoms with E-state index in [0.29, 0.717) is 12.0 Å². The zero-order valence-electron chi connectivity index (χ0n) is 7.21. The zero-order valence-corrected chi connectivity index (χ0v) is 7.96. The van der Waals surface area contributed by atoms with Crippen LogP contribution >= 0.6 is 11.6 Å². The molecule has 1 saturated carbocycles. The maximum absolute atomic E-state index is 13.4. The number of rotatable bonds is 2. The first-order valence-corrected chi connectivity index (χ1v) is 4.65. The van der Waals surface area contributed by atoms with Crippen LogP contribution in [0.15, 0.2) is 18.2 Å². The number of hydrogen-bond donors (Lipinski definition) is 1. The van der Waals surface area contributed by atoms with Crippen LogP contribution < -0.4 is 0 Å². The zero-order chi connectivity index (χ0) is 10.3. The van der Waals surface area contributed by atoms with Crippen LogP contribution in [0, 0.1) is 11.7 Å². The summed E-state index contributed by atoms with van der Waals surface area (Å²) < 4.78 is 13.4. The maximum Gasteiger partial charge on any atom is 0.307 e. The third-order valence-corrected chi connectivity index (χ3v) is 2.78. The van der Waals surface area contributed by atoms with Crippen LogP contribution in [0.2, 0.25) is 5.02 Å². The molecule has 0 spiro atoms. The average Bonchev–Trinajstić information content (AvgIpc) is 2.89. The molecule has 2 atom stereocenters. The predicted octanol–water partition coefficient (Wildman–Crippen LogP) is 2.67. The van der Waals surface area contributed by atoms with E-state index in [-0.39, 0.29) is 10.9 Å². The number of halogens is 2. The minimum atomic E-state index is -0.866. The minimum Gasteiger partial charge on any atom is -0.481 e. The topological polar surface area (TPSA) is 37.3 Å². The Morgan fingerprint density at radius 3 is 2.86 bits per heavy atom. The van der Waals surface area contributed by atoms with Crippen LogP contribution in [0.1, 0.15) is 17.9 Å². The van der Waals surface area contributed by atoms with Gasteiger partial charge in [-0.15, -0.1) is 0 Å². The molecule has 2 rings (SSSR count). The van der Waals surface area contributed by atoms with Gasteiger partial charge in [-0.25, -0.2) is 4.39 Å². The Morgan fingerprint density at radius 2 is 2.29 bits per heavy atom. The summed E-state index contributed by atoms with van der Waals surface area (Å²) in [4.78, 5) is 10.6. The van der Waals surface area contributed by atoms with Crippen molar-refractivity contribution >= 4 is 17.6 Å². The van der Waals surface area contributed by atoms with Gasteiger partial charge in [0.25, 0.3) is 0 Å². The van der Waals surface area contributed by atoms with Crippen LogP contribution in [0.4, 0.5) is 4.39 Å². The van der Waals surface area contributed by atoms with E-state index in [1.54, 1.807) is 12.1 Å². The number of carboxylic acids is 1. The highest BCUT2D eigenvalue weighted by Crippen LogP contribution is 2.48. The molecule has 1 unspecified atom stereocenters. The Hall–Kier alpha value is -1.09. The van der Waals surface area contributed by atoms with Crippen molar-refractivity contribution in [3.8, 4) is 0 Å². The van der Waals surface area contributed by atoms with Crippen LogP contribution in [0.25, 0.3) is 0 Å². The fourth-order valence-electron chi connectivity index (χ4n) is 1.62. The highest BCUT2D eigenvalue weighted by molar-refractivity contribution is 6.30. The van der Waals surface area contributed by atoms with Crippen LogP contribution in [-0.4, -0.2) is 11.1 Å². The number of hydrogen-bond acceptors (Lipinski definition) is 1. The normalized spacial score (nSPS) is 24.7. The van der Waals surface area contributed by atoms with Crippen LogP contribution in [0.3, 0.4) is 0 Å². The van der Waals surface area contributed by atoms with Crippen molar-refractivity contribution in [3.63, 3.8) is 0 Å². The second kappa shape index (κ2) is 3.24. The van der Waals surface area contributed by atoms with Gasteiger partial charge < -0.3 is 5.11 Å². The van der Waals surface area contributed by atoms with Crippen LogP contribution in [-0.2, 0) is 4.79 Å². The fourth-order valence-corrected chi connectivity index (χ4v) is 1.80. The lowest BCUT2D eigenvalue weighted by atomic mass is 10.1. The first-order chi connectivity index (χ1) is 6.61. The third-order valence-electron chi connectivity index (χ3n) is 2.49. The van der Waals surface area contributed by atoms with E-state index in [2.05, 4.69) is 0 Å². The molecule has 1 fully saturated rings. The Kier molecular flexibility index (Phi) is 2.19. The molecule has 1 aliphatic rings. The van der Waals surface area contributed by atoms with Gasteiger partial charge in [-0.1, -0.05) is 23.7 Å². The van der Waals surface area contributed by atoms with E-state index in [4.69, 9.17) is 16.7 Å². The van der Waals surface area contributed by atoms with Crippen LogP contribution in [0.5, 0.6) is 0 Å². The summed E-state index contributed by atoms with van der Waals surface area (Å²) in [6.45, 7) is 0. The monoisotopic (exact) mass is 214 g/mol. The van der Waals surface area contributed by atoms with Crippen molar-refractivity contribution in [2.45, 2.75) is 12.3 Å². The molecule has 1 N–H and O–H groups in total. The molecular formula is C10H8ClFO2. The summed E-state index contributed by atoms with van der Waals surface area (Å²) in [6.07, 6.45) is 0.507. The lowest BCUT2D eigenvalue weighted by Gasteiger charge is -2.01. The van der Waals surface area contributed by atoms with Crippen molar-refractivity contribution in [3.05, 3.63) is 34.6 Å². The Morgan fingerprint density at radius 1 is 1.57 bits per heavy atom. The van der Waals surface area contributed by atoms with Crippen molar-refractivity contribution in [1.82, 2.24) is 0 Å². The first kappa shape index (κ1) is 9.46. The van der Waals surface area contributed by atoms with Crippen molar-refractivity contribution in [2.24, 2.45) is 5.92 Å². The Balaban J connectivity index is 2.27. The van der Waals surface area contributed by atoms with Gasteiger partial charge in [0.1, 0.15) is 5.82 Å². The molecule has 14 heavy (non-hydrogen) atoms. The molecule has 0 aromatic heterocycles. The quantitative estimate of drug-likeness (QED) is 0.822. The molecular weight excluding hydrogens is 207 g/mol. The number of aliphatic carboxylic acids is 1. The Bertz CT molecular complexity index is 392. The largest absolute Gasteiger partial charge is 0.481 e. The van der Waals surface area contributed by atoms with Gasteiger partial charge in [0.15, 0.2) is 0 Å². The van der Waals surface area contributed by atoms with Crippen molar-refractivity contribution in [2.75, 3.05) is 0 Å². The summed E-state index contributed by atoms with van der Waals surface area (Å²) >= 11 is 5.59. The summed E-state index contributed by atoms with van der Waals surface area (Å²) in [5, 5.41) is 8.74.